The van der Waals surface area contributed by atoms with Crippen LogP contribution in [0.4, 0.5) is 0 Å². The van der Waals surface area contributed by atoms with E-state index in [0.717, 1.165) is 11.4 Å². The van der Waals surface area contributed by atoms with Crippen LogP contribution in [0.25, 0.3) is 5.82 Å². The van der Waals surface area contributed by atoms with Crippen molar-refractivity contribution in [3.8, 4) is 5.82 Å². The van der Waals surface area contributed by atoms with Gasteiger partial charge in [0.1, 0.15) is 0 Å². The molecule has 122 valence electrons. The maximum absolute atomic E-state index is 6.07. The number of rotatable bonds is 4. The fraction of sp³-hybridized carbons (Fsp3) is 0.471. The van der Waals surface area contributed by atoms with Crippen LogP contribution < -0.4 is 11.1 Å². The first kappa shape index (κ1) is 15.5. The molecule has 0 bridgehead atoms. The molecule has 0 spiro atoms. The monoisotopic (exact) mass is 312 g/mol. The molecule has 0 aliphatic heterocycles. The van der Waals surface area contributed by atoms with Crippen molar-refractivity contribution in [2.45, 2.75) is 51.1 Å². The Morgan fingerprint density at radius 3 is 2.78 bits per heavy atom. The Hall–Kier alpha value is -2.37. The highest BCUT2D eigenvalue weighted by molar-refractivity contribution is 5.78. The second-order valence-electron chi connectivity index (χ2n) is 5.97. The Kier molecular flexibility index (Phi) is 5.24. The first-order chi connectivity index (χ1) is 11.3. The van der Waals surface area contributed by atoms with Gasteiger partial charge in [0.2, 0.25) is 0 Å². The van der Waals surface area contributed by atoms with Crippen molar-refractivity contribution in [2.75, 3.05) is 0 Å². The summed E-state index contributed by atoms with van der Waals surface area (Å²) in [5, 5.41) is 7.61. The molecule has 6 heteroatoms. The summed E-state index contributed by atoms with van der Waals surface area (Å²) >= 11 is 0. The van der Waals surface area contributed by atoms with Gasteiger partial charge in [-0.25, -0.2) is 14.7 Å². The molecule has 1 fully saturated rings. The zero-order chi connectivity index (χ0) is 15.9. The van der Waals surface area contributed by atoms with Crippen molar-refractivity contribution in [2.24, 2.45) is 10.7 Å². The molecule has 1 saturated carbocycles. The van der Waals surface area contributed by atoms with Gasteiger partial charge in [-0.2, -0.15) is 5.10 Å². The normalized spacial score (nSPS) is 17.0. The van der Waals surface area contributed by atoms with Crippen molar-refractivity contribution in [1.29, 1.82) is 0 Å². The third-order valence-corrected chi connectivity index (χ3v) is 4.22. The SMILES string of the molecule is NC(=NCc1cccnc1-n1cccn1)NC1CCCCCC1. The Morgan fingerprint density at radius 2 is 2.04 bits per heavy atom. The Balaban J connectivity index is 1.65. The minimum atomic E-state index is 0.459. The smallest absolute Gasteiger partial charge is 0.189 e. The topological polar surface area (TPSA) is 81.1 Å². The average molecular weight is 312 g/mol. The van der Waals surface area contributed by atoms with Crippen molar-refractivity contribution in [3.63, 3.8) is 0 Å². The summed E-state index contributed by atoms with van der Waals surface area (Å²) in [6.45, 7) is 0.495. The number of nitrogens with two attached hydrogens (primary N) is 1. The van der Waals surface area contributed by atoms with Gasteiger partial charge in [-0.3, -0.25) is 0 Å². The standard InChI is InChI=1S/C17H24N6/c18-17(22-15-8-3-1-2-4-9-15)20-13-14-7-5-10-19-16(14)23-12-6-11-21-23/h5-7,10-12,15H,1-4,8-9,13H2,(H3,18,20,22). The molecule has 0 unspecified atom stereocenters. The lowest BCUT2D eigenvalue weighted by Gasteiger charge is -2.16. The molecule has 3 N–H and O–H groups in total. The zero-order valence-corrected chi connectivity index (χ0v) is 13.4. The van der Waals surface area contributed by atoms with Gasteiger partial charge in [-0.05, 0) is 25.0 Å². The lowest BCUT2D eigenvalue weighted by molar-refractivity contribution is 0.530. The molecule has 2 heterocycles. The molecule has 1 aliphatic carbocycles. The minimum absolute atomic E-state index is 0.459. The number of nitrogens with one attached hydrogen (secondary N) is 1. The van der Waals surface area contributed by atoms with E-state index in [0.29, 0.717) is 18.5 Å². The van der Waals surface area contributed by atoms with Gasteiger partial charge in [0.15, 0.2) is 11.8 Å². The van der Waals surface area contributed by atoms with E-state index in [-0.39, 0.29) is 0 Å². The lowest BCUT2D eigenvalue weighted by Crippen LogP contribution is -2.39. The molecule has 0 atom stereocenters. The van der Waals surface area contributed by atoms with Crippen LogP contribution in [0, 0.1) is 0 Å². The third kappa shape index (κ3) is 4.31. The van der Waals surface area contributed by atoms with Gasteiger partial charge in [-0.1, -0.05) is 31.7 Å². The number of pyridine rings is 1. The minimum Gasteiger partial charge on any atom is -0.370 e. The van der Waals surface area contributed by atoms with Gasteiger partial charge in [-0.15, -0.1) is 0 Å². The summed E-state index contributed by atoms with van der Waals surface area (Å²) in [4.78, 5) is 8.89. The average Bonchev–Trinajstić information content (AvgIpc) is 2.99. The molecule has 2 aromatic rings. The Bertz CT molecular complexity index is 626. The number of hydrogen-bond acceptors (Lipinski definition) is 3. The molecule has 6 nitrogen and oxygen atoms in total. The number of aromatic nitrogens is 3. The largest absolute Gasteiger partial charge is 0.370 e. The van der Waals surface area contributed by atoms with Crippen molar-refractivity contribution >= 4 is 5.96 Å². The predicted octanol–water partition coefficient (Wildman–Crippen LogP) is 2.39. The second-order valence-corrected chi connectivity index (χ2v) is 5.97. The number of nitrogens with zero attached hydrogens (tertiary/aromatic N) is 4. The number of hydrogen-bond donors (Lipinski definition) is 2. The van der Waals surface area contributed by atoms with E-state index in [1.807, 2.05) is 24.4 Å². The molecular formula is C17H24N6. The summed E-state index contributed by atoms with van der Waals surface area (Å²) < 4.78 is 1.75. The second kappa shape index (κ2) is 7.76. The van der Waals surface area contributed by atoms with E-state index in [9.17, 15) is 0 Å². The number of guanidine groups is 1. The van der Waals surface area contributed by atoms with Crippen molar-refractivity contribution < 1.29 is 0 Å². The maximum atomic E-state index is 6.07. The molecule has 0 radical (unpaired) electrons. The van der Waals surface area contributed by atoms with Gasteiger partial charge >= 0.3 is 0 Å². The van der Waals surface area contributed by atoms with E-state index >= 15 is 0 Å². The van der Waals surface area contributed by atoms with Crippen LogP contribution in [0.1, 0.15) is 44.1 Å². The quantitative estimate of drug-likeness (QED) is 0.516. The van der Waals surface area contributed by atoms with Crippen LogP contribution in [0.15, 0.2) is 41.8 Å². The van der Waals surface area contributed by atoms with Crippen molar-refractivity contribution in [1.82, 2.24) is 20.1 Å². The third-order valence-electron chi connectivity index (χ3n) is 4.22. The molecule has 2 aromatic heterocycles. The van der Waals surface area contributed by atoms with E-state index < -0.39 is 0 Å². The van der Waals surface area contributed by atoms with Crippen LogP contribution in [-0.4, -0.2) is 26.8 Å². The van der Waals surface area contributed by atoms with Crippen LogP contribution in [0.2, 0.25) is 0 Å². The summed E-state index contributed by atoms with van der Waals surface area (Å²) in [6, 6.07) is 6.25. The summed E-state index contributed by atoms with van der Waals surface area (Å²) in [7, 11) is 0. The predicted molar refractivity (Wildman–Crippen MR) is 91.3 cm³/mol. The molecule has 0 saturated heterocycles. The zero-order valence-electron chi connectivity index (χ0n) is 13.4. The highest BCUT2D eigenvalue weighted by atomic mass is 15.3. The van der Waals surface area contributed by atoms with E-state index in [1.165, 1.54) is 38.5 Å². The van der Waals surface area contributed by atoms with E-state index in [1.54, 1.807) is 17.1 Å². The fourth-order valence-corrected chi connectivity index (χ4v) is 3.00. The fourth-order valence-electron chi connectivity index (χ4n) is 3.00. The highest BCUT2D eigenvalue weighted by Gasteiger charge is 2.12. The van der Waals surface area contributed by atoms with Crippen molar-refractivity contribution in [3.05, 3.63) is 42.4 Å². The van der Waals surface area contributed by atoms with E-state index in [2.05, 4.69) is 20.4 Å². The van der Waals surface area contributed by atoms with Gasteiger partial charge < -0.3 is 11.1 Å². The molecule has 3 rings (SSSR count). The van der Waals surface area contributed by atoms with E-state index in [4.69, 9.17) is 5.73 Å². The van der Waals surface area contributed by atoms with Crippen LogP contribution in [-0.2, 0) is 6.54 Å². The molecule has 23 heavy (non-hydrogen) atoms. The first-order valence-electron chi connectivity index (χ1n) is 8.33. The lowest BCUT2D eigenvalue weighted by atomic mass is 10.1. The summed E-state index contributed by atoms with van der Waals surface area (Å²) in [5.74, 6) is 1.32. The van der Waals surface area contributed by atoms with Crippen LogP contribution >= 0.6 is 0 Å². The van der Waals surface area contributed by atoms with Gasteiger partial charge in [0, 0.05) is 30.2 Å². The maximum Gasteiger partial charge on any atom is 0.189 e. The molecule has 0 amide bonds. The van der Waals surface area contributed by atoms with Gasteiger partial charge in [0.25, 0.3) is 0 Å². The van der Waals surface area contributed by atoms with Gasteiger partial charge in [0.05, 0.1) is 6.54 Å². The number of aliphatic imine (C=N–C) groups is 1. The summed E-state index contributed by atoms with van der Waals surface area (Å²) in [6.07, 6.45) is 13.0. The molecule has 0 aromatic carbocycles. The van der Waals surface area contributed by atoms with Crippen LogP contribution in [0.3, 0.4) is 0 Å². The van der Waals surface area contributed by atoms with Crippen LogP contribution in [0.5, 0.6) is 0 Å². The first-order valence-corrected chi connectivity index (χ1v) is 8.33. The summed E-state index contributed by atoms with van der Waals surface area (Å²) in [5.41, 5.74) is 7.07. The highest BCUT2D eigenvalue weighted by Crippen LogP contribution is 2.17. The molecule has 1 aliphatic rings. The Morgan fingerprint density at radius 1 is 1.22 bits per heavy atom. The Labute approximate surface area is 136 Å². The molecular weight excluding hydrogens is 288 g/mol.